The maximum Gasteiger partial charge on any atom is 0.266 e. The molecule has 1 aromatic carbocycles. The normalized spacial score (nSPS) is 22.4. The zero-order valence-electron chi connectivity index (χ0n) is 10.3. The van der Waals surface area contributed by atoms with Gasteiger partial charge in [-0.2, -0.15) is 8.78 Å². The first-order valence-corrected chi connectivity index (χ1v) is 5.73. The molecule has 0 radical (unpaired) electrons. The Hall–Kier alpha value is -1.73. The number of halogens is 4. The van der Waals surface area contributed by atoms with Crippen LogP contribution in [0.1, 0.15) is 11.9 Å². The molecule has 2 rings (SSSR count). The van der Waals surface area contributed by atoms with E-state index in [-0.39, 0.29) is 18.8 Å². The molecule has 0 saturated carbocycles. The van der Waals surface area contributed by atoms with E-state index in [1.54, 1.807) is 0 Å². The molecule has 1 saturated heterocycles. The average Bonchev–Trinajstić information content (AvgIpc) is 2.38. The topological polar surface area (TPSA) is 30.8 Å². The monoisotopic (exact) mass is 289 g/mol. The second-order valence-electron chi connectivity index (χ2n) is 4.21. The summed E-state index contributed by atoms with van der Waals surface area (Å²) in [6, 6.07) is 2.04. The van der Waals surface area contributed by atoms with Crippen LogP contribution in [0.4, 0.5) is 23.2 Å². The quantitative estimate of drug-likeness (QED) is 0.627. The van der Waals surface area contributed by atoms with Gasteiger partial charge in [0, 0.05) is 11.5 Å². The standard InChI is InChI=1S/C13H11F4NO2/c1-18-12-9(14)3-8(4-10(12)15)13-19-5-7(6-20-13)2-11(16)17/h2-4,7,13H,1,5-6H2. The lowest BCUT2D eigenvalue weighted by Gasteiger charge is -2.28. The summed E-state index contributed by atoms with van der Waals surface area (Å²) in [4.78, 5) is 3.23. The summed E-state index contributed by atoms with van der Waals surface area (Å²) in [6.07, 6.45) is -2.09. The predicted molar refractivity (Wildman–Crippen MR) is 64.0 cm³/mol. The Morgan fingerprint density at radius 2 is 1.75 bits per heavy atom. The smallest absolute Gasteiger partial charge is 0.266 e. The molecule has 0 amide bonds. The number of hydrogen-bond acceptors (Lipinski definition) is 3. The average molecular weight is 289 g/mol. The Balaban J connectivity index is 2.11. The Morgan fingerprint density at radius 1 is 1.20 bits per heavy atom. The van der Waals surface area contributed by atoms with Crippen LogP contribution in [-0.4, -0.2) is 19.9 Å². The summed E-state index contributed by atoms with van der Waals surface area (Å²) in [5, 5.41) is 0. The fourth-order valence-corrected chi connectivity index (χ4v) is 1.86. The molecule has 1 aliphatic heterocycles. The first-order valence-electron chi connectivity index (χ1n) is 5.73. The molecule has 0 N–H and O–H groups in total. The minimum absolute atomic E-state index is 0.0211. The zero-order valence-corrected chi connectivity index (χ0v) is 10.3. The third-order valence-corrected chi connectivity index (χ3v) is 2.75. The van der Waals surface area contributed by atoms with E-state index < -0.39 is 35.6 Å². The molecular weight excluding hydrogens is 278 g/mol. The summed E-state index contributed by atoms with van der Waals surface area (Å²) in [5.41, 5.74) is -0.361. The summed E-state index contributed by atoms with van der Waals surface area (Å²) in [7, 11) is 0. The Labute approximate surface area is 112 Å². The van der Waals surface area contributed by atoms with Crippen LogP contribution in [0.5, 0.6) is 0 Å². The van der Waals surface area contributed by atoms with Gasteiger partial charge in [0.25, 0.3) is 6.08 Å². The number of rotatable bonds is 3. The maximum atomic E-state index is 13.5. The minimum atomic E-state index is -1.82. The molecule has 0 aromatic heterocycles. The number of ether oxygens (including phenoxy) is 2. The lowest BCUT2D eigenvalue weighted by molar-refractivity contribution is -0.198. The molecule has 0 bridgehead atoms. The van der Waals surface area contributed by atoms with Gasteiger partial charge < -0.3 is 9.47 Å². The first kappa shape index (κ1) is 14.7. The van der Waals surface area contributed by atoms with Crippen molar-refractivity contribution in [1.29, 1.82) is 0 Å². The van der Waals surface area contributed by atoms with Gasteiger partial charge in [-0.3, -0.25) is 4.99 Å². The van der Waals surface area contributed by atoms with Crippen LogP contribution in [0.3, 0.4) is 0 Å². The molecule has 1 aliphatic rings. The van der Waals surface area contributed by atoms with Crippen LogP contribution in [-0.2, 0) is 9.47 Å². The predicted octanol–water partition coefficient (Wildman–Crippen LogP) is 3.74. The van der Waals surface area contributed by atoms with Crippen molar-refractivity contribution >= 4 is 12.4 Å². The SMILES string of the molecule is C=Nc1c(F)cc(C2OCC(C=C(F)F)CO2)cc1F. The van der Waals surface area contributed by atoms with Crippen LogP contribution in [0.25, 0.3) is 0 Å². The molecule has 0 atom stereocenters. The van der Waals surface area contributed by atoms with Gasteiger partial charge >= 0.3 is 0 Å². The van der Waals surface area contributed by atoms with Gasteiger partial charge in [-0.15, -0.1) is 0 Å². The Kier molecular flexibility index (Phi) is 4.51. The van der Waals surface area contributed by atoms with E-state index in [0.29, 0.717) is 0 Å². The van der Waals surface area contributed by atoms with E-state index in [4.69, 9.17) is 9.47 Å². The fraction of sp³-hybridized carbons (Fsp3) is 0.308. The van der Waals surface area contributed by atoms with Gasteiger partial charge in [0.1, 0.15) is 5.69 Å². The van der Waals surface area contributed by atoms with Gasteiger partial charge in [0.2, 0.25) is 0 Å². The lowest BCUT2D eigenvalue weighted by atomic mass is 10.1. The molecule has 0 spiro atoms. The van der Waals surface area contributed by atoms with Crippen molar-refractivity contribution in [2.24, 2.45) is 10.9 Å². The molecule has 108 valence electrons. The van der Waals surface area contributed by atoms with Crippen molar-refractivity contribution < 1.29 is 27.0 Å². The van der Waals surface area contributed by atoms with Crippen molar-refractivity contribution in [3.63, 3.8) is 0 Å². The van der Waals surface area contributed by atoms with Gasteiger partial charge in [0.15, 0.2) is 17.9 Å². The summed E-state index contributed by atoms with van der Waals surface area (Å²) >= 11 is 0. The largest absolute Gasteiger partial charge is 0.348 e. The molecule has 0 aliphatic carbocycles. The summed E-state index contributed by atoms with van der Waals surface area (Å²) in [5.74, 6) is -2.36. The summed E-state index contributed by atoms with van der Waals surface area (Å²) < 4.78 is 61.5. The number of benzene rings is 1. The Bertz CT molecular complexity index is 512. The van der Waals surface area contributed by atoms with Gasteiger partial charge in [-0.05, 0) is 24.9 Å². The number of nitrogens with zero attached hydrogens (tertiary/aromatic N) is 1. The van der Waals surface area contributed by atoms with Crippen LogP contribution < -0.4 is 0 Å². The van der Waals surface area contributed by atoms with Crippen molar-refractivity contribution in [1.82, 2.24) is 0 Å². The molecule has 1 aromatic rings. The van der Waals surface area contributed by atoms with Gasteiger partial charge in [-0.25, -0.2) is 8.78 Å². The molecule has 7 heteroatoms. The second kappa shape index (κ2) is 6.15. The van der Waals surface area contributed by atoms with E-state index in [1.807, 2.05) is 0 Å². The first-order chi connectivity index (χ1) is 9.51. The van der Waals surface area contributed by atoms with Crippen LogP contribution in [0.15, 0.2) is 29.3 Å². The van der Waals surface area contributed by atoms with Crippen LogP contribution >= 0.6 is 0 Å². The highest BCUT2D eigenvalue weighted by atomic mass is 19.3. The van der Waals surface area contributed by atoms with Crippen molar-refractivity contribution in [2.75, 3.05) is 13.2 Å². The highest BCUT2D eigenvalue weighted by Gasteiger charge is 2.25. The van der Waals surface area contributed by atoms with Crippen molar-refractivity contribution in [2.45, 2.75) is 6.29 Å². The second-order valence-corrected chi connectivity index (χ2v) is 4.21. The molecule has 0 unspecified atom stereocenters. The number of hydrogen-bond donors (Lipinski definition) is 0. The van der Waals surface area contributed by atoms with E-state index in [1.165, 1.54) is 0 Å². The fourth-order valence-electron chi connectivity index (χ4n) is 1.86. The van der Waals surface area contributed by atoms with Gasteiger partial charge in [0.05, 0.1) is 13.2 Å². The third-order valence-electron chi connectivity index (χ3n) is 2.75. The van der Waals surface area contributed by atoms with E-state index in [2.05, 4.69) is 11.7 Å². The molecule has 20 heavy (non-hydrogen) atoms. The van der Waals surface area contributed by atoms with Crippen LogP contribution in [0.2, 0.25) is 0 Å². The van der Waals surface area contributed by atoms with E-state index in [0.717, 1.165) is 18.2 Å². The highest BCUT2D eigenvalue weighted by Crippen LogP contribution is 2.31. The molecule has 1 fully saturated rings. The van der Waals surface area contributed by atoms with E-state index >= 15 is 0 Å². The van der Waals surface area contributed by atoms with Crippen molar-refractivity contribution in [3.05, 3.63) is 41.5 Å². The summed E-state index contributed by atoms with van der Waals surface area (Å²) in [6.45, 7) is 3.02. The minimum Gasteiger partial charge on any atom is -0.348 e. The molecule has 1 heterocycles. The Morgan fingerprint density at radius 3 is 2.20 bits per heavy atom. The van der Waals surface area contributed by atoms with Gasteiger partial charge in [-0.1, -0.05) is 0 Å². The zero-order chi connectivity index (χ0) is 14.7. The van der Waals surface area contributed by atoms with Crippen molar-refractivity contribution in [3.8, 4) is 0 Å². The molecule has 3 nitrogen and oxygen atoms in total. The maximum absolute atomic E-state index is 13.5. The van der Waals surface area contributed by atoms with E-state index in [9.17, 15) is 17.6 Å². The lowest BCUT2D eigenvalue weighted by Crippen LogP contribution is -2.26. The number of aliphatic imine (C=N–C) groups is 1. The van der Waals surface area contributed by atoms with Crippen LogP contribution in [0, 0.1) is 17.6 Å². The molecular formula is C13H11F4NO2. The third kappa shape index (κ3) is 3.23. The highest BCUT2D eigenvalue weighted by molar-refractivity contribution is 5.48.